The molecule has 0 spiro atoms. The Bertz CT molecular complexity index is 1180. The predicted molar refractivity (Wildman–Crippen MR) is 122 cm³/mol. The van der Waals surface area contributed by atoms with E-state index < -0.39 is 24.4 Å². The largest absolute Gasteiger partial charge is 1.00 e. The van der Waals surface area contributed by atoms with E-state index in [-0.39, 0.29) is 30.5 Å². The standard InChI is InChI=1S/C21H20N2O.C5H3F4O2.Li/c1-4-19-15(2)22-16(3)23(21(19)24)20(17-11-7-5-8-12-17)18-13-9-6-10-14-18;6-4(7)1-3(11-2-10)5(4,8)9;/h5-14,20H,1-2,4H2,3H3;3H,1H2;/q-2;-1;+1. The van der Waals surface area contributed by atoms with Gasteiger partial charge in [-0.1, -0.05) is 72.8 Å². The van der Waals surface area contributed by atoms with Crippen LogP contribution in [0.25, 0.3) is 0 Å². The number of aryl methyl sites for hydroxylation is 1. The Balaban J connectivity index is 0.000000321. The fourth-order valence-electron chi connectivity index (χ4n) is 3.82. The van der Waals surface area contributed by atoms with Gasteiger partial charge in [-0.3, -0.25) is 9.78 Å². The third kappa shape index (κ3) is 5.68. The average molecular weight is 494 g/mol. The summed E-state index contributed by atoms with van der Waals surface area (Å²) in [5.41, 5.74) is 3.10. The molecule has 0 radical (unpaired) electrons. The first-order valence-corrected chi connectivity index (χ1v) is 10.7. The van der Waals surface area contributed by atoms with Gasteiger partial charge in [-0.2, -0.15) is 17.6 Å². The van der Waals surface area contributed by atoms with Crippen molar-refractivity contribution < 1.29 is 46.0 Å². The number of halogens is 4. The smallest absolute Gasteiger partial charge is 0.646 e. The zero-order chi connectivity index (χ0) is 25.8. The molecule has 0 amide bonds. The second-order valence-electron chi connectivity index (χ2n) is 7.95. The van der Waals surface area contributed by atoms with Gasteiger partial charge in [-0.25, -0.2) is 13.3 Å². The fraction of sp³-hybridized carbons (Fsp3) is 0.269. The molecule has 0 aliphatic heterocycles. The third-order valence-corrected chi connectivity index (χ3v) is 5.73. The minimum atomic E-state index is -4.23. The molecule has 1 fully saturated rings. The summed E-state index contributed by atoms with van der Waals surface area (Å²) in [7, 11) is 0. The van der Waals surface area contributed by atoms with E-state index >= 15 is 0 Å². The number of hydrogen-bond donors (Lipinski definition) is 0. The maximum Gasteiger partial charge on any atom is 1.00 e. The van der Waals surface area contributed by atoms with Gasteiger partial charge in [0.05, 0.1) is 12.5 Å². The molecule has 0 saturated heterocycles. The van der Waals surface area contributed by atoms with Crippen molar-refractivity contribution in [2.24, 2.45) is 0 Å². The zero-order valence-corrected chi connectivity index (χ0v) is 19.9. The van der Waals surface area contributed by atoms with Crippen LogP contribution in [0.3, 0.4) is 0 Å². The second-order valence-corrected chi connectivity index (χ2v) is 7.95. The molecule has 1 atom stereocenters. The number of benzene rings is 2. The molecule has 36 heavy (non-hydrogen) atoms. The Kier molecular flexibility index (Phi) is 9.58. The maximum atomic E-state index is 13.1. The van der Waals surface area contributed by atoms with Crippen molar-refractivity contribution in [3.63, 3.8) is 0 Å². The van der Waals surface area contributed by atoms with Crippen LogP contribution in [-0.2, 0) is 16.0 Å². The van der Waals surface area contributed by atoms with Gasteiger partial charge < -0.3 is 21.0 Å². The van der Waals surface area contributed by atoms with E-state index in [9.17, 15) is 27.2 Å². The fourth-order valence-corrected chi connectivity index (χ4v) is 3.82. The molecule has 4 rings (SSSR count). The van der Waals surface area contributed by atoms with Crippen molar-refractivity contribution in [2.45, 2.75) is 43.8 Å². The van der Waals surface area contributed by atoms with Gasteiger partial charge in [-0.15, -0.1) is 5.56 Å². The first-order chi connectivity index (χ1) is 16.5. The van der Waals surface area contributed by atoms with E-state index in [2.05, 4.69) is 23.6 Å². The molecule has 1 unspecified atom stereocenters. The molecule has 5 nitrogen and oxygen atoms in total. The van der Waals surface area contributed by atoms with Crippen molar-refractivity contribution in [3.8, 4) is 0 Å². The summed E-state index contributed by atoms with van der Waals surface area (Å²) in [4.78, 5) is 26.9. The first-order valence-electron chi connectivity index (χ1n) is 10.7. The second kappa shape index (κ2) is 11.8. The predicted octanol–water partition coefficient (Wildman–Crippen LogP) is 1.87. The van der Waals surface area contributed by atoms with Crippen LogP contribution >= 0.6 is 0 Å². The van der Waals surface area contributed by atoms with E-state index in [4.69, 9.17) is 0 Å². The summed E-state index contributed by atoms with van der Waals surface area (Å²) in [6.07, 6.45) is -2.77. The van der Waals surface area contributed by atoms with Crippen LogP contribution in [-0.4, -0.2) is 34.0 Å². The zero-order valence-electron chi connectivity index (χ0n) is 19.9. The molecule has 186 valence electrons. The van der Waals surface area contributed by atoms with Crippen LogP contribution in [0.2, 0.25) is 0 Å². The van der Waals surface area contributed by atoms with Crippen molar-refractivity contribution in [2.75, 3.05) is 0 Å². The van der Waals surface area contributed by atoms with Crippen LogP contribution in [0.15, 0.2) is 65.5 Å². The third-order valence-electron chi connectivity index (χ3n) is 5.73. The van der Waals surface area contributed by atoms with Crippen molar-refractivity contribution in [1.29, 1.82) is 0 Å². The summed E-state index contributed by atoms with van der Waals surface area (Å²) in [5, 5.41) is 0. The minimum absolute atomic E-state index is 0. The molecular formula is C26H23F4LiN2O3-2. The molecule has 1 aliphatic rings. The van der Waals surface area contributed by atoms with E-state index in [0.717, 1.165) is 11.1 Å². The van der Waals surface area contributed by atoms with Crippen LogP contribution in [0.1, 0.15) is 40.7 Å². The minimum Gasteiger partial charge on any atom is -0.646 e. The summed E-state index contributed by atoms with van der Waals surface area (Å²) < 4.78 is 53.4. The van der Waals surface area contributed by atoms with Crippen molar-refractivity contribution in [1.82, 2.24) is 9.55 Å². The Hall–Kier alpha value is -3.02. The molecule has 1 saturated carbocycles. The van der Waals surface area contributed by atoms with Gasteiger partial charge in [-0.05, 0) is 18.1 Å². The monoisotopic (exact) mass is 494 g/mol. The molecule has 10 heteroatoms. The normalized spacial score (nSPS) is 17.1. The number of rotatable bonds is 6. The van der Waals surface area contributed by atoms with Gasteiger partial charge in [0.2, 0.25) is 0 Å². The van der Waals surface area contributed by atoms with Crippen LogP contribution in [0.4, 0.5) is 17.6 Å². The summed E-state index contributed by atoms with van der Waals surface area (Å²) in [6.45, 7) is 10.3. The van der Waals surface area contributed by atoms with Gasteiger partial charge in [0.15, 0.2) is 5.56 Å². The summed E-state index contributed by atoms with van der Waals surface area (Å²) in [5.74, 6) is -7.63. The van der Waals surface area contributed by atoms with Crippen LogP contribution in [0, 0.1) is 20.8 Å². The molecule has 1 aliphatic carbocycles. The topological polar surface area (TPSA) is 61.2 Å². The number of alkyl halides is 4. The van der Waals surface area contributed by atoms with E-state index in [1.807, 2.05) is 67.6 Å². The summed E-state index contributed by atoms with van der Waals surface area (Å²) in [6, 6.07) is 19.8. The van der Waals surface area contributed by atoms with Crippen molar-refractivity contribution >= 4 is 6.47 Å². The number of nitrogens with zero attached hydrogens (tertiary/aromatic N) is 2. The quantitative estimate of drug-likeness (QED) is 0.298. The van der Waals surface area contributed by atoms with Crippen LogP contribution in [0.5, 0.6) is 0 Å². The summed E-state index contributed by atoms with van der Waals surface area (Å²) >= 11 is 0. The molecule has 1 aromatic heterocycles. The van der Waals surface area contributed by atoms with Crippen molar-refractivity contribution in [3.05, 3.63) is 113 Å². The van der Waals surface area contributed by atoms with Gasteiger partial charge in [0.25, 0.3) is 0 Å². The van der Waals surface area contributed by atoms with Gasteiger partial charge in [0, 0.05) is 0 Å². The van der Waals surface area contributed by atoms with E-state index in [1.54, 1.807) is 4.57 Å². The van der Waals surface area contributed by atoms with Gasteiger partial charge in [0.1, 0.15) is 11.9 Å². The molecule has 3 aromatic rings. The van der Waals surface area contributed by atoms with E-state index in [0.29, 0.717) is 30.0 Å². The SMILES string of the molecule is O=[C-]OC1CC(F)(F)C1(F)F.[CH2-]Cc1c([CH2-])nc(C)n(C(c2ccccc2)c2ccccc2)c1=O.[Li+]. The molecule has 2 aromatic carbocycles. The Labute approximate surface area is 218 Å². The molecule has 1 heterocycles. The average Bonchev–Trinajstić information content (AvgIpc) is 2.83. The molecular weight excluding hydrogens is 471 g/mol. The molecule has 0 bridgehead atoms. The van der Waals surface area contributed by atoms with E-state index in [1.165, 1.54) is 0 Å². The molecule has 0 N–H and O–H groups in total. The number of hydrogen-bond acceptors (Lipinski definition) is 4. The van der Waals surface area contributed by atoms with Crippen LogP contribution < -0.4 is 24.4 Å². The van der Waals surface area contributed by atoms with Gasteiger partial charge >= 0.3 is 30.7 Å². The first kappa shape index (κ1) is 29.2. The Morgan fingerprint density at radius 2 is 1.58 bits per heavy atom. The maximum absolute atomic E-state index is 13.1. The Morgan fingerprint density at radius 1 is 1.08 bits per heavy atom. The Morgan fingerprint density at radius 3 is 1.97 bits per heavy atom. The number of aromatic nitrogens is 2. The number of carbonyl (C=O) groups excluding carboxylic acids is 1. The number of ether oxygens (including phenoxy) is 1.